The number of H-pyrrole nitrogens is 1. The molecule has 2 rings (SSSR count). The number of aromatic amines is 1. The van der Waals surface area contributed by atoms with Crippen molar-refractivity contribution in [2.75, 3.05) is 0 Å². The molecule has 0 bridgehead atoms. The van der Waals surface area contributed by atoms with Crippen LogP contribution in [0.5, 0.6) is 5.75 Å². The Balaban J connectivity index is 0.00000142. The summed E-state index contributed by atoms with van der Waals surface area (Å²) in [5.41, 5.74) is 3.44. The third-order valence-electron chi connectivity index (χ3n) is 4.40. The third kappa shape index (κ3) is 8.73. The molecule has 1 amide bonds. The number of hydrogen-bond acceptors (Lipinski definition) is 6. The number of halogens is 2. The van der Waals surface area contributed by atoms with Crippen LogP contribution in [-0.2, 0) is 16.0 Å². The number of carboxylic acid groups (broad SMARTS) is 1. The van der Waals surface area contributed by atoms with Crippen molar-refractivity contribution >= 4 is 35.1 Å². The van der Waals surface area contributed by atoms with Crippen molar-refractivity contribution in [1.82, 2.24) is 14.8 Å². The molecule has 0 atom stereocenters. The lowest BCUT2D eigenvalue weighted by molar-refractivity contribution is -0.136. The van der Waals surface area contributed by atoms with Gasteiger partial charge in [-0.05, 0) is 24.1 Å². The maximum Gasteiger partial charge on any atom is 0.349 e. The number of allylic oxidation sites excluding steroid dienone is 1. The molecule has 190 valence electrons. The average Bonchev–Trinajstić information content (AvgIpc) is 2.75. The Hall–Kier alpha value is -3.37. The van der Waals surface area contributed by atoms with Gasteiger partial charge < -0.3 is 15.6 Å². The highest BCUT2D eigenvalue weighted by Crippen LogP contribution is 2.36. The smallest absolute Gasteiger partial charge is 0.349 e. The maximum absolute atomic E-state index is 12.1. The Kier molecular flexibility index (Phi) is 11.4. The lowest BCUT2D eigenvalue weighted by atomic mass is 10.0. The zero-order valence-corrected chi connectivity index (χ0v) is 21.4. The van der Waals surface area contributed by atoms with Gasteiger partial charge in [-0.15, -0.1) is 0 Å². The number of benzene rings is 1. The minimum atomic E-state index is -1.30. The van der Waals surface area contributed by atoms with Crippen molar-refractivity contribution in [3.8, 4) is 11.4 Å². The van der Waals surface area contributed by atoms with Crippen LogP contribution >= 0.6 is 23.2 Å². The maximum atomic E-state index is 12.1. The summed E-state index contributed by atoms with van der Waals surface area (Å²) in [6, 6.07) is 2.54. The topological polar surface area (TPSA) is 157 Å². The number of unbranched alkanes of at least 4 members (excludes halogenated alkanes) is 1. The van der Waals surface area contributed by atoms with Gasteiger partial charge in [-0.2, -0.15) is 9.78 Å². The number of amides is 1. The van der Waals surface area contributed by atoms with E-state index in [1.165, 1.54) is 31.1 Å². The quantitative estimate of drug-likeness (QED) is 0.255. The second-order valence-electron chi connectivity index (χ2n) is 7.61. The SMILES string of the molecule is C=C(/C=C(\C(N)=O)C(C)C)Oc1c(Cl)cc(-n2nc(CC(=O)O)c(=O)[nH]c2=O)cc1Cl.CCCC. The molecule has 35 heavy (non-hydrogen) atoms. The van der Waals surface area contributed by atoms with Gasteiger partial charge in [0.25, 0.3) is 5.56 Å². The summed E-state index contributed by atoms with van der Waals surface area (Å²) in [6.07, 6.45) is 3.31. The van der Waals surface area contributed by atoms with Gasteiger partial charge in [0, 0.05) is 5.57 Å². The van der Waals surface area contributed by atoms with E-state index in [2.05, 4.69) is 25.5 Å². The molecule has 0 spiro atoms. The molecule has 0 saturated carbocycles. The molecule has 2 aromatic rings. The van der Waals surface area contributed by atoms with Crippen LogP contribution < -0.4 is 21.7 Å². The molecule has 1 aromatic carbocycles. The molecule has 0 aliphatic rings. The van der Waals surface area contributed by atoms with Crippen LogP contribution in [0.1, 0.15) is 46.2 Å². The van der Waals surface area contributed by atoms with Gasteiger partial charge in [0.2, 0.25) is 5.91 Å². The van der Waals surface area contributed by atoms with Crippen LogP contribution in [0, 0.1) is 5.92 Å². The van der Waals surface area contributed by atoms with E-state index in [-0.39, 0.29) is 44.4 Å². The molecule has 12 heteroatoms. The molecule has 0 fully saturated rings. The van der Waals surface area contributed by atoms with E-state index in [1.54, 1.807) is 13.8 Å². The van der Waals surface area contributed by atoms with E-state index in [9.17, 15) is 19.2 Å². The highest BCUT2D eigenvalue weighted by atomic mass is 35.5. The van der Waals surface area contributed by atoms with Gasteiger partial charge in [0.1, 0.15) is 11.5 Å². The highest BCUT2D eigenvalue weighted by Gasteiger charge is 2.17. The van der Waals surface area contributed by atoms with Crippen molar-refractivity contribution in [1.29, 1.82) is 0 Å². The molecule has 0 saturated heterocycles. The number of aliphatic carboxylic acids is 1. The average molecular weight is 527 g/mol. The van der Waals surface area contributed by atoms with Crippen molar-refractivity contribution < 1.29 is 19.4 Å². The molecular weight excluding hydrogens is 499 g/mol. The molecule has 1 aromatic heterocycles. The predicted octanol–water partition coefficient (Wildman–Crippen LogP) is 3.62. The minimum absolute atomic E-state index is 0.0101. The van der Waals surface area contributed by atoms with Crippen molar-refractivity contribution in [2.24, 2.45) is 11.7 Å². The summed E-state index contributed by atoms with van der Waals surface area (Å²) in [5, 5.41) is 12.6. The highest BCUT2D eigenvalue weighted by molar-refractivity contribution is 6.37. The number of nitrogens with zero attached hydrogens (tertiary/aromatic N) is 2. The number of rotatable bonds is 9. The first-order chi connectivity index (χ1) is 16.3. The number of carbonyl (C=O) groups excluding carboxylic acids is 1. The second-order valence-corrected chi connectivity index (χ2v) is 8.43. The Morgan fingerprint density at radius 3 is 2.20 bits per heavy atom. The molecule has 0 aliphatic heterocycles. The summed E-state index contributed by atoms with van der Waals surface area (Å²) < 4.78 is 6.29. The van der Waals surface area contributed by atoms with Crippen LogP contribution in [0.2, 0.25) is 10.0 Å². The zero-order chi connectivity index (χ0) is 26.9. The normalized spacial score (nSPS) is 11.0. The van der Waals surface area contributed by atoms with E-state index in [1.807, 2.05) is 4.98 Å². The Labute approximate surface area is 212 Å². The fraction of sp³-hybridized carbons (Fsp3) is 0.348. The number of aromatic nitrogens is 3. The standard InChI is InChI=1S/C19H18Cl2N4O6.C4H10/c1-8(2)11(17(22)28)4-9(3)31-16-12(20)5-10(6-13(16)21)25-19(30)23-18(29)14(24-25)7-15(26)27;1-3-4-2/h4-6,8H,3,7H2,1-2H3,(H2,22,28)(H,26,27)(H,23,29,30);3-4H2,1-2H3/b11-4-;. The van der Waals surface area contributed by atoms with Gasteiger partial charge in [0.05, 0.1) is 22.2 Å². The molecular formula is C23H28Cl2N4O6. The first kappa shape index (κ1) is 29.7. The van der Waals surface area contributed by atoms with Gasteiger partial charge >= 0.3 is 11.7 Å². The van der Waals surface area contributed by atoms with Crippen LogP contribution in [0.15, 0.2) is 45.7 Å². The van der Waals surface area contributed by atoms with Crippen LogP contribution in [0.25, 0.3) is 5.69 Å². The van der Waals surface area contributed by atoms with E-state index < -0.39 is 29.5 Å². The molecule has 10 nitrogen and oxygen atoms in total. The zero-order valence-electron chi connectivity index (χ0n) is 19.9. The number of nitrogens with one attached hydrogen (secondary N) is 1. The molecule has 1 heterocycles. The van der Waals surface area contributed by atoms with Crippen molar-refractivity contribution in [2.45, 2.75) is 47.0 Å². The molecule has 0 radical (unpaired) electrons. The summed E-state index contributed by atoms with van der Waals surface area (Å²) in [5.74, 6) is -2.07. The van der Waals surface area contributed by atoms with E-state index in [4.69, 9.17) is 38.8 Å². The van der Waals surface area contributed by atoms with E-state index in [0.717, 1.165) is 4.68 Å². The van der Waals surface area contributed by atoms with Gasteiger partial charge in [-0.3, -0.25) is 19.4 Å². The fourth-order valence-electron chi connectivity index (χ4n) is 2.49. The third-order valence-corrected chi connectivity index (χ3v) is 4.96. The van der Waals surface area contributed by atoms with Gasteiger partial charge in [-0.25, -0.2) is 4.79 Å². The summed E-state index contributed by atoms with van der Waals surface area (Å²) >= 11 is 12.5. The fourth-order valence-corrected chi connectivity index (χ4v) is 3.04. The Bertz CT molecular complexity index is 1220. The van der Waals surface area contributed by atoms with Crippen LogP contribution in [0.4, 0.5) is 0 Å². The lowest BCUT2D eigenvalue weighted by Crippen LogP contribution is -2.34. The largest absolute Gasteiger partial charge is 0.481 e. The molecule has 0 aliphatic carbocycles. The number of nitrogens with two attached hydrogens (primary N) is 1. The number of hydrogen-bond donors (Lipinski definition) is 3. The number of primary amides is 1. The van der Waals surface area contributed by atoms with Crippen LogP contribution in [0.3, 0.4) is 0 Å². The van der Waals surface area contributed by atoms with E-state index in [0.29, 0.717) is 0 Å². The first-order valence-electron chi connectivity index (χ1n) is 10.6. The predicted molar refractivity (Wildman–Crippen MR) is 134 cm³/mol. The number of ether oxygens (including phenoxy) is 1. The number of carbonyl (C=O) groups is 2. The second kappa shape index (κ2) is 13.5. The van der Waals surface area contributed by atoms with Crippen molar-refractivity contribution in [3.63, 3.8) is 0 Å². The lowest BCUT2D eigenvalue weighted by Gasteiger charge is -2.14. The Morgan fingerprint density at radius 2 is 1.77 bits per heavy atom. The molecule has 4 N–H and O–H groups in total. The summed E-state index contributed by atoms with van der Waals surface area (Å²) in [4.78, 5) is 48.3. The van der Waals surface area contributed by atoms with Crippen molar-refractivity contribution in [3.05, 3.63) is 72.7 Å². The van der Waals surface area contributed by atoms with E-state index >= 15 is 0 Å². The van der Waals surface area contributed by atoms with Gasteiger partial charge in [0.15, 0.2) is 5.75 Å². The monoisotopic (exact) mass is 526 g/mol. The summed E-state index contributed by atoms with van der Waals surface area (Å²) in [7, 11) is 0. The van der Waals surface area contributed by atoms with Gasteiger partial charge in [-0.1, -0.05) is 70.3 Å². The van der Waals surface area contributed by atoms with Crippen LogP contribution in [-0.4, -0.2) is 31.7 Å². The number of carboxylic acids is 1. The summed E-state index contributed by atoms with van der Waals surface area (Å²) in [6.45, 7) is 11.6. The molecule has 0 unspecified atom stereocenters. The minimum Gasteiger partial charge on any atom is -0.481 e. The first-order valence-corrected chi connectivity index (χ1v) is 11.4. The Morgan fingerprint density at radius 1 is 1.23 bits per heavy atom.